The largest absolute Gasteiger partial charge is 0.487 e. The molecule has 0 heterocycles. The van der Waals surface area contributed by atoms with Gasteiger partial charge in [-0.05, 0) is 24.3 Å². The summed E-state index contributed by atoms with van der Waals surface area (Å²) in [6.07, 6.45) is 0. The third-order valence-electron chi connectivity index (χ3n) is 2.67. The van der Waals surface area contributed by atoms with Crippen LogP contribution in [0.2, 0.25) is 10.0 Å². The van der Waals surface area contributed by atoms with Crippen molar-refractivity contribution in [2.45, 2.75) is 6.61 Å². The maximum absolute atomic E-state index is 11.3. The third-order valence-corrected chi connectivity index (χ3v) is 3.33. The molecule has 0 spiro atoms. The number of hydrogen-bond donors (Lipinski definition) is 2. The zero-order valence-corrected chi connectivity index (χ0v) is 11.9. The Kier molecular flexibility index (Phi) is 4.84. The van der Waals surface area contributed by atoms with Crippen molar-refractivity contribution in [3.63, 3.8) is 0 Å². The van der Waals surface area contributed by atoms with Crippen molar-refractivity contribution in [2.75, 3.05) is 0 Å². The van der Waals surface area contributed by atoms with Gasteiger partial charge in [0.1, 0.15) is 12.4 Å². The second-order valence-electron chi connectivity index (χ2n) is 4.00. The maximum Gasteiger partial charge on any atom is 0.265 e. The second kappa shape index (κ2) is 6.61. The Morgan fingerprint density at radius 3 is 2.55 bits per heavy atom. The van der Waals surface area contributed by atoms with E-state index in [4.69, 9.17) is 33.8 Å². The van der Waals surface area contributed by atoms with E-state index in [2.05, 4.69) is 0 Å². The number of rotatable bonds is 4. The molecular weight excluding hydrogens is 299 g/mol. The van der Waals surface area contributed by atoms with Crippen LogP contribution in [0.5, 0.6) is 5.75 Å². The van der Waals surface area contributed by atoms with Crippen LogP contribution in [0, 0.1) is 0 Å². The molecule has 104 valence electrons. The van der Waals surface area contributed by atoms with Crippen molar-refractivity contribution < 1.29 is 9.53 Å². The number of halogens is 2. The van der Waals surface area contributed by atoms with Crippen molar-refractivity contribution in [3.05, 3.63) is 63.6 Å². The summed E-state index contributed by atoms with van der Waals surface area (Å²) in [5.41, 5.74) is 3.26. The zero-order valence-electron chi connectivity index (χ0n) is 10.4. The molecule has 4 nitrogen and oxygen atoms in total. The summed E-state index contributed by atoms with van der Waals surface area (Å²) in [7, 11) is 0. The smallest absolute Gasteiger partial charge is 0.265 e. The molecule has 0 aliphatic rings. The molecule has 1 amide bonds. The molecule has 0 radical (unpaired) electrons. The van der Waals surface area contributed by atoms with Crippen molar-refractivity contribution in [1.82, 2.24) is 5.43 Å². The van der Waals surface area contributed by atoms with Crippen molar-refractivity contribution >= 4 is 29.1 Å². The van der Waals surface area contributed by atoms with Gasteiger partial charge in [0.15, 0.2) is 0 Å². The molecule has 0 unspecified atom stereocenters. The van der Waals surface area contributed by atoms with Gasteiger partial charge in [0.2, 0.25) is 0 Å². The molecule has 0 atom stereocenters. The normalized spacial score (nSPS) is 10.2. The summed E-state index contributed by atoms with van der Waals surface area (Å²) in [4.78, 5) is 11.3. The Hall–Kier alpha value is -1.75. The number of ether oxygens (including phenoxy) is 1. The first-order chi connectivity index (χ1) is 9.61. The summed E-state index contributed by atoms with van der Waals surface area (Å²) in [6.45, 7) is 0.293. The first-order valence-corrected chi connectivity index (χ1v) is 6.54. The van der Waals surface area contributed by atoms with E-state index in [0.717, 1.165) is 5.56 Å². The minimum atomic E-state index is -0.412. The zero-order chi connectivity index (χ0) is 14.5. The maximum atomic E-state index is 11.3. The Labute approximate surface area is 126 Å². The van der Waals surface area contributed by atoms with E-state index >= 15 is 0 Å². The lowest BCUT2D eigenvalue weighted by atomic mass is 10.2. The summed E-state index contributed by atoms with van der Waals surface area (Å²) < 4.78 is 5.59. The Morgan fingerprint density at radius 2 is 1.90 bits per heavy atom. The standard InChI is InChI=1S/C14H12Cl2N2O2/c15-11-4-2-1-3-10(11)8-20-13-6-5-9(7-12(13)16)14(19)18-17/h1-7H,8,17H2,(H,18,19). The van der Waals surface area contributed by atoms with E-state index in [-0.39, 0.29) is 0 Å². The molecule has 2 aromatic carbocycles. The highest BCUT2D eigenvalue weighted by molar-refractivity contribution is 6.32. The second-order valence-corrected chi connectivity index (χ2v) is 4.81. The average molecular weight is 311 g/mol. The highest BCUT2D eigenvalue weighted by Crippen LogP contribution is 2.27. The van der Waals surface area contributed by atoms with Gasteiger partial charge in [-0.1, -0.05) is 41.4 Å². The van der Waals surface area contributed by atoms with E-state index in [0.29, 0.717) is 28.0 Å². The number of nitrogen functional groups attached to an aromatic ring is 1. The van der Waals surface area contributed by atoms with Gasteiger partial charge < -0.3 is 4.74 Å². The van der Waals surface area contributed by atoms with Crippen LogP contribution in [0.15, 0.2) is 42.5 Å². The van der Waals surface area contributed by atoms with Crippen LogP contribution in [-0.4, -0.2) is 5.91 Å². The van der Waals surface area contributed by atoms with Gasteiger partial charge in [0.25, 0.3) is 5.91 Å². The molecule has 0 bridgehead atoms. The van der Waals surface area contributed by atoms with E-state index in [1.165, 1.54) is 6.07 Å². The molecular formula is C14H12Cl2N2O2. The fourth-order valence-electron chi connectivity index (χ4n) is 1.61. The Balaban J connectivity index is 2.11. The SMILES string of the molecule is NNC(=O)c1ccc(OCc2ccccc2Cl)c(Cl)c1. The Morgan fingerprint density at radius 1 is 1.15 bits per heavy atom. The highest BCUT2D eigenvalue weighted by atomic mass is 35.5. The molecule has 0 aromatic heterocycles. The van der Waals surface area contributed by atoms with Crippen molar-refractivity contribution in [1.29, 1.82) is 0 Å². The van der Waals surface area contributed by atoms with Crippen LogP contribution < -0.4 is 16.0 Å². The van der Waals surface area contributed by atoms with Gasteiger partial charge in [-0.3, -0.25) is 10.2 Å². The molecule has 0 fully saturated rings. The molecule has 3 N–H and O–H groups in total. The van der Waals surface area contributed by atoms with Crippen molar-refractivity contribution in [3.8, 4) is 5.75 Å². The number of nitrogens with two attached hydrogens (primary N) is 1. The topological polar surface area (TPSA) is 64.3 Å². The van der Waals surface area contributed by atoms with Crippen LogP contribution in [-0.2, 0) is 6.61 Å². The van der Waals surface area contributed by atoms with Crippen LogP contribution >= 0.6 is 23.2 Å². The van der Waals surface area contributed by atoms with Crippen LogP contribution in [0.1, 0.15) is 15.9 Å². The number of hydrogen-bond acceptors (Lipinski definition) is 3. The lowest BCUT2D eigenvalue weighted by Gasteiger charge is -2.10. The molecule has 6 heteroatoms. The number of hydrazine groups is 1. The lowest BCUT2D eigenvalue weighted by Crippen LogP contribution is -2.29. The van der Waals surface area contributed by atoms with Gasteiger partial charge in [0, 0.05) is 16.1 Å². The summed E-state index contributed by atoms with van der Waals surface area (Å²) in [5, 5.41) is 0.959. The molecule has 2 aromatic rings. The van der Waals surface area contributed by atoms with Gasteiger partial charge in [-0.2, -0.15) is 0 Å². The average Bonchev–Trinajstić information content (AvgIpc) is 2.46. The predicted molar refractivity (Wildman–Crippen MR) is 78.9 cm³/mol. The Bertz CT molecular complexity index is 632. The van der Waals surface area contributed by atoms with E-state index < -0.39 is 5.91 Å². The van der Waals surface area contributed by atoms with E-state index in [1.807, 2.05) is 23.6 Å². The third kappa shape index (κ3) is 3.42. The number of carbonyl (C=O) groups is 1. The van der Waals surface area contributed by atoms with Crippen LogP contribution in [0.4, 0.5) is 0 Å². The minimum Gasteiger partial charge on any atom is -0.487 e. The molecule has 20 heavy (non-hydrogen) atoms. The molecule has 2 rings (SSSR count). The minimum absolute atomic E-state index is 0.293. The summed E-state index contributed by atoms with van der Waals surface area (Å²) >= 11 is 12.1. The van der Waals surface area contributed by atoms with Gasteiger partial charge >= 0.3 is 0 Å². The molecule has 0 saturated heterocycles. The monoisotopic (exact) mass is 310 g/mol. The number of benzene rings is 2. The number of carbonyl (C=O) groups excluding carboxylic acids is 1. The summed E-state index contributed by atoms with van der Waals surface area (Å²) in [6, 6.07) is 12.1. The molecule has 0 saturated carbocycles. The molecule has 0 aliphatic heterocycles. The first-order valence-electron chi connectivity index (χ1n) is 5.78. The summed E-state index contributed by atoms with van der Waals surface area (Å²) in [5.74, 6) is 5.11. The van der Waals surface area contributed by atoms with Gasteiger partial charge in [0.05, 0.1) is 5.02 Å². The van der Waals surface area contributed by atoms with E-state index in [9.17, 15) is 4.79 Å². The predicted octanol–water partition coefficient (Wildman–Crippen LogP) is 3.18. The number of nitrogens with one attached hydrogen (secondary N) is 1. The van der Waals surface area contributed by atoms with Gasteiger partial charge in [-0.15, -0.1) is 0 Å². The van der Waals surface area contributed by atoms with Crippen LogP contribution in [0.25, 0.3) is 0 Å². The quantitative estimate of drug-likeness (QED) is 0.518. The fraction of sp³-hybridized carbons (Fsp3) is 0.0714. The fourth-order valence-corrected chi connectivity index (χ4v) is 2.04. The lowest BCUT2D eigenvalue weighted by molar-refractivity contribution is 0.0953. The van der Waals surface area contributed by atoms with Crippen LogP contribution in [0.3, 0.4) is 0 Å². The number of amides is 1. The highest BCUT2D eigenvalue weighted by Gasteiger charge is 2.09. The first kappa shape index (κ1) is 14.7. The van der Waals surface area contributed by atoms with Gasteiger partial charge in [-0.25, -0.2) is 5.84 Å². The van der Waals surface area contributed by atoms with Crippen molar-refractivity contribution in [2.24, 2.45) is 5.84 Å². The van der Waals surface area contributed by atoms with E-state index in [1.54, 1.807) is 18.2 Å². The molecule has 0 aliphatic carbocycles.